The Morgan fingerprint density at radius 1 is 0.950 bits per heavy atom. The predicted molar refractivity (Wildman–Crippen MR) is 143 cm³/mol. The number of hydrogen-bond donors (Lipinski definition) is 0. The molecule has 1 aliphatic rings. The molecule has 40 heavy (non-hydrogen) atoms. The third-order valence-corrected chi connectivity index (χ3v) is 6.55. The van der Waals surface area contributed by atoms with Gasteiger partial charge in [-0.1, -0.05) is 24.3 Å². The minimum Gasteiger partial charge on any atom is -0.464 e. The maximum Gasteiger partial charge on any atom is 0.254 e. The lowest BCUT2D eigenvalue weighted by atomic mass is 10.1. The van der Waals surface area contributed by atoms with Gasteiger partial charge in [-0.15, -0.1) is 0 Å². The van der Waals surface area contributed by atoms with Gasteiger partial charge in [-0.3, -0.25) is 14.4 Å². The average Bonchev–Trinajstić information content (AvgIpc) is 3.45. The van der Waals surface area contributed by atoms with Gasteiger partial charge in [0.05, 0.1) is 30.4 Å². The van der Waals surface area contributed by atoms with Crippen molar-refractivity contribution in [1.82, 2.24) is 9.80 Å². The van der Waals surface area contributed by atoms with Crippen LogP contribution in [0.25, 0.3) is 11.0 Å². The summed E-state index contributed by atoms with van der Waals surface area (Å²) in [5.74, 6) is -0.227. The van der Waals surface area contributed by atoms with Crippen molar-refractivity contribution in [3.63, 3.8) is 0 Å². The first-order valence-electron chi connectivity index (χ1n) is 12.6. The van der Waals surface area contributed by atoms with Crippen molar-refractivity contribution >= 4 is 22.8 Å². The number of fused-ring (bicyclic) bond motifs is 2. The topological polar surface area (TPSA) is 98.5 Å². The molecule has 1 aromatic heterocycles. The van der Waals surface area contributed by atoms with Crippen LogP contribution in [0.1, 0.15) is 21.5 Å². The lowest BCUT2D eigenvalue weighted by Gasteiger charge is -2.28. The van der Waals surface area contributed by atoms with E-state index < -0.39 is 17.6 Å². The molecule has 5 rings (SSSR count). The van der Waals surface area contributed by atoms with Crippen LogP contribution in [0.2, 0.25) is 0 Å². The van der Waals surface area contributed by atoms with Crippen LogP contribution in [0.5, 0.6) is 11.5 Å². The molecule has 4 aromatic rings. The standard InChI is InChI=1S/C30H27FN2O7/c1-37-13-12-32(30(36)21-8-11-26-27(14-21)40-19-39-26)17-28(34)33(15-20-6-9-23(31)10-7-20)16-22-18-38-25-5-3-2-4-24(25)29(22)35/h2-11,14,18H,12-13,15-17,19H2,1H3. The van der Waals surface area contributed by atoms with E-state index in [0.29, 0.717) is 33.6 Å². The summed E-state index contributed by atoms with van der Waals surface area (Å²) in [6, 6.07) is 17.4. The maximum atomic E-state index is 13.7. The third kappa shape index (κ3) is 5.97. The molecule has 0 radical (unpaired) electrons. The molecule has 0 saturated carbocycles. The first-order chi connectivity index (χ1) is 19.4. The Labute approximate surface area is 229 Å². The summed E-state index contributed by atoms with van der Waals surface area (Å²) in [5, 5.41) is 0.397. The molecule has 3 aromatic carbocycles. The number of methoxy groups -OCH3 is 1. The zero-order valence-electron chi connectivity index (χ0n) is 21.8. The highest BCUT2D eigenvalue weighted by Gasteiger charge is 2.25. The molecule has 0 saturated heterocycles. The van der Waals surface area contributed by atoms with Crippen molar-refractivity contribution in [2.24, 2.45) is 0 Å². The summed E-state index contributed by atoms with van der Waals surface area (Å²) in [7, 11) is 1.50. The highest BCUT2D eigenvalue weighted by molar-refractivity contribution is 5.97. The lowest BCUT2D eigenvalue weighted by molar-refractivity contribution is -0.133. The number of hydrogen-bond acceptors (Lipinski definition) is 7. The summed E-state index contributed by atoms with van der Waals surface area (Å²) < 4.78 is 35.1. The molecule has 2 amide bonds. The fourth-order valence-corrected chi connectivity index (χ4v) is 4.40. The van der Waals surface area contributed by atoms with Crippen LogP contribution < -0.4 is 14.9 Å². The molecule has 206 valence electrons. The molecule has 10 heteroatoms. The molecular formula is C30H27FN2O7. The minimum absolute atomic E-state index is 0.0694. The van der Waals surface area contributed by atoms with E-state index in [-0.39, 0.29) is 50.6 Å². The first-order valence-corrected chi connectivity index (χ1v) is 12.6. The van der Waals surface area contributed by atoms with Crippen molar-refractivity contribution in [3.05, 3.63) is 106 Å². The zero-order valence-corrected chi connectivity index (χ0v) is 21.8. The van der Waals surface area contributed by atoms with Crippen LogP contribution in [0.3, 0.4) is 0 Å². The molecule has 2 heterocycles. The fourth-order valence-electron chi connectivity index (χ4n) is 4.40. The molecule has 9 nitrogen and oxygen atoms in total. The van der Waals surface area contributed by atoms with Crippen LogP contribution in [-0.4, -0.2) is 55.2 Å². The molecule has 0 spiro atoms. The lowest BCUT2D eigenvalue weighted by Crippen LogP contribution is -2.44. The van der Waals surface area contributed by atoms with Gasteiger partial charge in [-0.2, -0.15) is 0 Å². The van der Waals surface area contributed by atoms with Crippen LogP contribution >= 0.6 is 0 Å². The van der Waals surface area contributed by atoms with Crippen LogP contribution in [-0.2, 0) is 22.6 Å². The monoisotopic (exact) mass is 546 g/mol. The average molecular weight is 547 g/mol. The number of carbonyl (C=O) groups is 2. The summed E-state index contributed by atoms with van der Waals surface area (Å²) in [6.07, 6.45) is 1.34. The normalized spacial score (nSPS) is 11.9. The Morgan fingerprint density at radius 2 is 1.73 bits per heavy atom. The molecule has 1 aliphatic heterocycles. The van der Waals surface area contributed by atoms with E-state index in [1.165, 1.54) is 35.3 Å². The molecular weight excluding hydrogens is 519 g/mol. The summed E-state index contributed by atoms with van der Waals surface area (Å²) >= 11 is 0. The second-order valence-corrected chi connectivity index (χ2v) is 9.25. The first kappa shape index (κ1) is 26.9. The Bertz CT molecular complexity index is 1590. The molecule has 0 atom stereocenters. The number of para-hydroxylation sites is 1. The van der Waals surface area contributed by atoms with E-state index in [0.717, 1.165) is 0 Å². The SMILES string of the molecule is COCCN(CC(=O)N(Cc1ccc(F)cc1)Cc1coc2ccccc2c1=O)C(=O)c1ccc2c(c1)OCO2. The second-order valence-electron chi connectivity index (χ2n) is 9.25. The summed E-state index contributed by atoms with van der Waals surface area (Å²) in [4.78, 5) is 43.2. The highest BCUT2D eigenvalue weighted by atomic mass is 19.1. The number of benzene rings is 3. The summed E-state index contributed by atoms with van der Waals surface area (Å²) in [5.41, 5.74) is 1.44. The van der Waals surface area contributed by atoms with Gasteiger partial charge in [-0.25, -0.2) is 4.39 Å². The van der Waals surface area contributed by atoms with Gasteiger partial charge >= 0.3 is 0 Å². The Morgan fingerprint density at radius 3 is 2.52 bits per heavy atom. The Balaban J connectivity index is 1.42. The number of rotatable bonds is 10. The molecule has 0 unspecified atom stereocenters. The molecule has 0 N–H and O–H groups in total. The van der Waals surface area contributed by atoms with Gasteiger partial charge in [-0.05, 0) is 48.0 Å². The molecule has 0 aliphatic carbocycles. The largest absolute Gasteiger partial charge is 0.464 e. The van der Waals surface area contributed by atoms with Gasteiger partial charge in [0.1, 0.15) is 17.9 Å². The third-order valence-electron chi connectivity index (χ3n) is 6.55. The highest BCUT2D eigenvalue weighted by Crippen LogP contribution is 2.32. The van der Waals surface area contributed by atoms with Gasteiger partial charge < -0.3 is 28.4 Å². The van der Waals surface area contributed by atoms with Gasteiger partial charge in [0.2, 0.25) is 12.7 Å². The van der Waals surface area contributed by atoms with E-state index in [2.05, 4.69) is 0 Å². The van der Waals surface area contributed by atoms with Crippen molar-refractivity contribution in [1.29, 1.82) is 0 Å². The van der Waals surface area contributed by atoms with E-state index in [1.807, 2.05) is 0 Å². The maximum absolute atomic E-state index is 13.7. The van der Waals surface area contributed by atoms with E-state index in [9.17, 15) is 18.8 Å². The van der Waals surface area contributed by atoms with Crippen LogP contribution in [0.4, 0.5) is 4.39 Å². The zero-order chi connectivity index (χ0) is 28.1. The smallest absolute Gasteiger partial charge is 0.254 e. The molecule has 0 fully saturated rings. The van der Waals surface area contributed by atoms with Crippen molar-refractivity contribution in [2.75, 3.05) is 33.6 Å². The minimum atomic E-state index is -0.415. The number of nitrogens with zero attached hydrogens (tertiary/aromatic N) is 2. The summed E-state index contributed by atoms with van der Waals surface area (Å²) in [6.45, 7) is 0.159. The number of ether oxygens (including phenoxy) is 3. The number of carbonyl (C=O) groups excluding carboxylic acids is 2. The van der Waals surface area contributed by atoms with E-state index >= 15 is 0 Å². The van der Waals surface area contributed by atoms with Crippen molar-refractivity contribution < 1.29 is 32.6 Å². The van der Waals surface area contributed by atoms with Gasteiger partial charge in [0, 0.05) is 25.8 Å². The van der Waals surface area contributed by atoms with Crippen LogP contribution in [0.15, 0.2) is 82.2 Å². The Hall–Kier alpha value is -4.70. The van der Waals surface area contributed by atoms with E-state index in [1.54, 1.807) is 54.6 Å². The number of halogens is 1. The molecule has 0 bridgehead atoms. The quantitative estimate of drug-likeness (QED) is 0.297. The van der Waals surface area contributed by atoms with E-state index in [4.69, 9.17) is 18.6 Å². The van der Waals surface area contributed by atoms with Gasteiger partial charge in [0.15, 0.2) is 16.9 Å². The van der Waals surface area contributed by atoms with Crippen LogP contribution in [0, 0.1) is 5.82 Å². The Kier molecular flexibility index (Phi) is 8.07. The van der Waals surface area contributed by atoms with Crippen molar-refractivity contribution in [3.8, 4) is 11.5 Å². The van der Waals surface area contributed by atoms with Crippen molar-refractivity contribution in [2.45, 2.75) is 13.1 Å². The fraction of sp³-hybridized carbons (Fsp3) is 0.233. The predicted octanol–water partition coefficient (Wildman–Crippen LogP) is 3.98. The van der Waals surface area contributed by atoms with Gasteiger partial charge in [0.25, 0.3) is 5.91 Å². The second kappa shape index (κ2) is 12.0. The number of amides is 2.